The van der Waals surface area contributed by atoms with Crippen molar-refractivity contribution in [3.05, 3.63) is 100 Å². The van der Waals surface area contributed by atoms with Gasteiger partial charge in [-0.05, 0) is 42.6 Å². The second-order valence-corrected chi connectivity index (χ2v) is 9.05. The Hall–Kier alpha value is -3.68. The molecular formula is C26H23ClN4O2S. The third kappa shape index (κ3) is 5.44. The Bertz CT molecular complexity index is 1300. The standard InChI is InChI=1S/C26H23ClN4O2S/c1-3-14-30(25(33)23-5-4-15-34-23)17-24(32)29-26-28-22(19-8-10-20(27)11-9-19)16-31(26)21-12-6-18(2)7-13-21/h3-13,15-16H,1,14,17H2,2H3,(H,28,29,32). The number of carbonyl (C=O) groups is 2. The highest BCUT2D eigenvalue weighted by molar-refractivity contribution is 7.12. The minimum atomic E-state index is -0.353. The molecule has 0 aliphatic heterocycles. The summed E-state index contributed by atoms with van der Waals surface area (Å²) in [6, 6.07) is 18.8. The second-order valence-electron chi connectivity index (χ2n) is 7.66. The highest BCUT2D eigenvalue weighted by Gasteiger charge is 2.20. The third-order valence-corrected chi connectivity index (χ3v) is 6.22. The smallest absolute Gasteiger partial charge is 0.264 e. The molecule has 6 nitrogen and oxygen atoms in total. The highest BCUT2D eigenvalue weighted by Crippen LogP contribution is 2.26. The maximum absolute atomic E-state index is 13.0. The Morgan fingerprint density at radius 1 is 1.15 bits per heavy atom. The van der Waals surface area contributed by atoms with Gasteiger partial charge in [0, 0.05) is 29.0 Å². The predicted molar refractivity (Wildman–Crippen MR) is 138 cm³/mol. The Balaban J connectivity index is 1.61. The molecule has 4 aromatic rings. The van der Waals surface area contributed by atoms with E-state index in [1.54, 1.807) is 30.3 Å². The molecule has 0 fully saturated rings. The zero-order chi connectivity index (χ0) is 24.1. The first-order valence-corrected chi connectivity index (χ1v) is 11.9. The summed E-state index contributed by atoms with van der Waals surface area (Å²) >= 11 is 7.37. The van der Waals surface area contributed by atoms with Gasteiger partial charge in [-0.3, -0.25) is 19.5 Å². The van der Waals surface area contributed by atoms with Crippen LogP contribution < -0.4 is 5.32 Å². The van der Waals surface area contributed by atoms with Crippen LogP contribution >= 0.6 is 22.9 Å². The lowest BCUT2D eigenvalue weighted by atomic mass is 10.2. The SMILES string of the molecule is C=CCN(CC(=O)Nc1nc(-c2ccc(Cl)cc2)cn1-c1ccc(C)cc1)C(=O)c1cccs1. The first-order chi connectivity index (χ1) is 16.4. The van der Waals surface area contributed by atoms with E-state index >= 15 is 0 Å². The van der Waals surface area contributed by atoms with Crippen molar-refractivity contribution in [3.8, 4) is 16.9 Å². The van der Waals surface area contributed by atoms with Gasteiger partial charge in [0.1, 0.15) is 6.54 Å². The molecule has 4 rings (SSSR count). The van der Waals surface area contributed by atoms with Crippen molar-refractivity contribution < 1.29 is 9.59 Å². The molecule has 0 spiro atoms. The summed E-state index contributed by atoms with van der Waals surface area (Å²) in [6.45, 7) is 5.85. The Kier molecular flexibility index (Phi) is 7.25. The fourth-order valence-corrected chi connectivity index (χ4v) is 4.22. The van der Waals surface area contributed by atoms with Crippen LogP contribution in [-0.2, 0) is 4.79 Å². The van der Waals surface area contributed by atoms with Gasteiger partial charge in [-0.25, -0.2) is 4.98 Å². The Morgan fingerprint density at radius 3 is 2.53 bits per heavy atom. The van der Waals surface area contributed by atoms with Crippen LogP contribution in [0.1, 0.15) is 15.2 Å². The van der Waals surface area contributed by atoms with Gasteiger partial charge in [0.05, 0.1) is 10.6 Å². The van der Waals surface area contributed by atoms with E-state index in [2.05, 4.69) is 16.9 Å². The number of nitrogens with zero attached hydrogens (tertiary/aromatic N) is 3. The van der Waals surface area contributed by atoms with E-state index in [1.165, 1.54) is 16.2 Å². The number of hydrogen-bond donors (Lipinski definition) is 1. The van der Waals surface area contributed by atoms with E-state index in [0.717, 1.165) is 16.8 Å². The van der Waals surface area contributed by atoms with Gasteiger partial charge >= 0.3 is 0 Å². The number of anilines is 1. The van der Waals surface area contributed by atoms with Gasteiger partial charge in [0.2, 0.25) is 11.9 Å². The van der Waals surface area contributed by atoms with E-state index in [4.69, 9.17) is 11.6 Å². The highest BCUT2D eigenvalue weighted by atomic mass is 35.5. The molecule has 0 saturated carbocycles. The molecule has 2 amide bonds. The quantitative estimate of drug-likeness (QED) is 0.316. The van der Waals surface area contributed by atoms with Crippen molar-refractivity contribution in [1.82, 2.24) is 14.5 Å². The van der Waals surface area contributed by atoms with Gasteiger partial charge in [-0.1, -0.05) is 53.6 Å². The van der Waals surface area contributed by atoms with Crippen LogP contribution in [0.5, 0.6) is 0 Å². The number of carbonyl (C=O) groups excluding carboxylic acids is 2. The molecule has 0 aliphatic carbocycles. The predicted octanol–water partition coefficient (Wildman–Crippen LogP) is 5.83. The van der Waals surface area contributed by atoms with E-state index in [-0.39, 0.29) is 24.9 Å². The number of thiophene rings is 1. The van der Waals surface area contributed by atoms with Gasteiger partial charge in [-0.2, -0.15) is 0 Å². The molecule has 2 heterocycles. The maximum atomic E-state index is 13.0. The molecule has 172 valence electrons. The van der Waals surface area contributed by atoms with Crippen molar-refractivity contribution in [3.63, 3.8) is 0 Å². The number of nitrogens with one attached hydrogen (secondary N) is 1. The van der Waals surface area contributed by atoms with Gasteiger partial charge < -0.3 is 4.90 Å². The minimum Gasteiger partial charge on any atom is -0.325 e. The summed E-state index contributed by atoms with van der Waals surface area (Å²) in [5.41, 5.74) is 3.53. The van der Waals surface area contributed by atoms with E-state index < -0.39 is 0 Å². The molecule has 8 heteroatoms. The third-order valence-electron chi connectivity index (χ3n) is 5.11. The van der Waals surface area contributed by atoms with Crippen LogP contribution in [0.25, 0.3) is 16.9 Å². The van der Waals surface area contributed by atoms with Crippen molar-refractivity contribution in [1.29, 1.82) is 0 Å². The van der Waals surface area contributed by atoms with Crippen LogP contribution in [0.4, 0.5) is 5.95 Å². The summed E-state index contributed by atoms with van der Waals surface area (Å²) < 4.78 is 1.82. The molecule has 0 bridgehead atoms. The average Bonchev–Trinajstić information content (AvgIpc) is 3.50. The largest absolute Gasteiger partial charge is 0.325 e. The molecular weight excluding hydrogens is 468 g/mol. The summed E-state index contributed by atoms with van der Waals surface area (Å²) in [6.07, 6.45) is 3.46. The zero-order valence-electron chi connectivity index (χ0n) is 18.6. The van der Waals surface area contributed by atoms with Gasteiger partial charge in [0.25, 0.3) is 5.91 Å². The molecule has 0 unspecified atom stereocenters. The van der Waals surface area contributed by atoms with Crippen LogP contribution in [-0.4, -0.2) is 39.4 Å². The fraction of sp³-hybridized carbons (Fsp3) is 0.115. The molecule has 34 heavy (non-hydrogen) atoms. The molecule has 1 N–H and O–H groups in total. The van der Waals surface area contributed by atoms with Crippen LogP contribution in [0.15, 0.2) is 84.9 Å². The molecule has 0 atom stereocenters. The fourth-order valence-electron chi connectivity index (χ4n) is 3.40. The summed E-state index contributed by atoms with van der Waals surface area (Å²) in [7, 11) is 0. The van der Waals surface area contributed by atoms with Crippen LogP contribution in [0.2, 0.25) is 5.02 Å². The first kappa shape index (κ1) is 23.5. The lowest BCUT2D eigenvalue weighted by Gasteiger charge is -2.20. The number of benzene rings is 2. The summed E-state index contributed by atoms with van der Waals surface area (Å²) in [5, 5.41) is 5.34. The number of aromatic nitrogens is 2. The first-order valence-electron chi connectivity index (χ1n) is 10.6. The lowest BCUT2D eigenvalue weighted by molar-refractivity contribution is -0.116. The molecule has 2 aromatic carbocycles. The van der Waals surface area contributed by atoms with Crippen molar-refractivity contribution >= 4 is 40.7 Å². The number of rotatable bonds is 8. The van der Waals surface area contributed by atoms with E-state index in [0.29, 0.717) is 21.5 Å². The zero-order valence-corrected chi connectivity index (χ0v) is 20.1. The Labute approximate surface area is 207 Å². The van der Waals surface area contributed by atoms with Gasteiger partial charge in [0.15, 0.2) is 0 Å². The second kappa shape index (κ2) is 10.5. The number of amides is 2. The Morgan fingerprint density at radius 2 is 1.88 bits per heavy atom. The maximum Gasteiger partial charge on any atom is 0.264 e. The van der Waals surface area contributed by atoms with Crippen LogP contribution in [0.3, 0.4) is 0 Å². The average molecular weight is 491 g/mol. The normalized spacial score (nSPS) is 10.6. The number of halogens is 1. The minimum absolute atomic E-state index is 0.125. The van der Waals surface area contributed by atoms with E-state index in [9.17, 15) is 9.59 Å². The molecule has 0 aliphatic rings. The molecule has 0 saturated heterocycles. The van der Waals surface area contributed by atoms with Crippen molar-refractivity contribution in [2.24, 2.45) is 0 Å². The summed E-state index contributed by atoms with van der Waals surface area (Å²) in [5.74, 6) is -0.205. The molecule has 2 aromatic heterocycles. The lowest BCUT2D eigenvalue weighted by Crippen LogP contribution is -2.38. The van der Waals surface area contributed by atoms with Crippen LogP contribution in [0, 0.1) is 6.92 Å². The van der Waals surface area contributed by atoms with Gasteiger partial charge in [-0.15, -0.1) is 17.9 Å². The van der Waals surface area contributed by atoms with Crippen molar-refractivity contribution in [2.45, 2.75) is 6.92 Å². The van der Waals surface area contributed by atoms with Crippen molar-refractivity contribution in [2.75, 3.05) is 18.4 Å². The number of imidazole rings is 1. The van der Waals surface area contributed by atoms with E-state index in [1.807, 2.05) is 59.5 Å². The topological polar surface area (TPSA) is 67.2 Å². The number of aryl methyl sites for hydroxylation is 1. The number of hydrogen-bond acceptors (Lipinski definition) is 4. The molecule has 0 radical (unpaired) electrons. The monoisotopic (exact) mass is 490 g/mol. The summed E-state index contributed by atoms with van der Waals surface area (Å²) in [4.78, 5) is 32.5.